The third kappa shape index (κ3) is 6.69. The summed E-state index contributed by atoms with van der Waals surface area (Å²) in [7, 11) is 0. The Morgan fingerprint density at radius 3 is 1.00 bits per heavy atom. The van der Waals surface area contributed by atoms with Gasteiger partial charge in [0.2, 0.25) is 0 Å². The maximum Gasteiger partial charge on any atom is 0.420 e. The van der Waals surface area contributed by atoms with Gasteiger partial charge in [0.25, 0.3) is 0 Å². The Balaban J connectivity index is 1.62. The largest absolute Gasteiger partial charge is 0.478 e. The minimum absolute atomic E-state index is 0.188. The third-order valence-electron chi connectivity index (χ3n) is 6.29. The van der Waals surface area contributed by atoms with Crippen LogP contribution < -0.4 is 9.47 Å². The fraction of sp³-hybridized carbons (Fsp3) is 0.0667. The molecule has 0 bridgehead atoms. The van der Waals surface area contributed by atoms with Gasteiger partial charge in [-0.2, -0.15) is 26.3 Å². The van der Waals surface area contributed by atoms with Crippen LogP contribution in [-0.2, 0) is 12.4 Å². The molecule has 0 radical (unpaired) electrons. The molecule has 0 amide bonds. The molecule has 238 valence electrons. The van der Waals surface area contributed by atoms with Gasteiger partial charge < -0.3 is 29.9 Å². The van der Waals surface area contributed by atoms with Crippen LogP contribution in [0.1, 0.15) is 52.6 Å². The summed E-state index contributed by atoms with van der Waals surface area (Å²) >= 11 is 0. The molecular weight excluding hydrogens is 634 g/mol. The number of hydrogen-bond donors (Lipinski definition) is 4. The van der Waals surface area contributed by atoms with Crippen LogP contribution in [0.5, 0.6) is 23.0 Å². The predicted molar refractivity (Wildman–Crippen MR) is 143 cm³/mol. The van der Waals surface area contributed by atoms with Gasteiger partial charge in [-0.1, -0.05) is 24.3 Å². The van der Waals surface area contributed by atoms with Crippen molar-refractivity contribution in [1.82, 2.24) is 0 Å². The quantitative estimate of drug-likeness (QED) is 0.131. The van der Waals surface area contributed by atoms with Crippen LogP contribution in [-0.4, -0.2) is 44.3 Å². The molecule has 0 aromatic heterocycles. The van der Waals surface area contributed by atoms with Crippen molar-refractivity contribution in [2.24, 2.45) is 0 Å². The van der Waals surface area contributed by atoms with E-state index in [-0.39, 0.29) is 11.5 Å². The molecule has 0 aliphatic heterocycles. The number of halogens is 6. The van der Waals surface area contributed by atoms with E-state index in [1.54, 1.807) is 0 Å². The predicted octanol–water partition coefficient (Wildman–Crippen LogP) is 7.77. The SMILES string of the molecule is O=C(O)c1ccc(Oc2ccc(-c3ccc(Oc4ccc(C(=O)O)c(C(=O)O)c4C(F)(F)F)cc3)cc2)c(C(F)(F)F)c1C(=O)O. The van der Waals surface area contributed by atoms with Crippen molar-refractivity contribution < 1.29 is 75.4 Å². The molecule has 0 atom stereocenters. The lowest BCUT2D eigenvalue weighted by atomic mass is 9.99. The number of ether oxygens (including phenoxy) is 2. The van der Waals surface area contributed by atoms with E-state index in [2.05, 4.69) is 0 Å². The zero-order valence-electron chi connectivity index (χ0n) is 22.4. The second kappa shape index (κ2) is 12.1. The van der Waals surface area contributed by atoms with Gasteiger partial charge in [0.1, 0.15) is 34.1 Å². The van der Waals surface area contributed by atoms with Gasteiger partial charge in [-0.3, -0.25) is 0 Å². The maximum atomic E-state index is 13.8. The summed E-state index contributed by atoms with van der Waals surface area (Å²) in [6.07, 6.45) is -10.6. The molecule has 0 saturated heterocycles. The van der Waals surface area contributed by atoms with Gasteiger partial charge >= 0.3 is 36.2 Å². The van der Waals surface area contributed by atoms with E-state index in [0.29, 0.717) is 35.4 Å². The van der Waals surface area contributed by atoms with Crippen LogP contribution in [0.3, 0.4) is 0 Å². The highest BCUT2D eigenvalue weighted by atomic mass is 19.4. The average molecular weight is 650 g/mol. The number of benzene rings is 4. The second-order valence-corrected chi connectivity index (χ2v) is 9.19. The Kier molecular flexibility index (Phi) is 8.67. The normalized spacial score (nSPS) is 11.5. The molecule has 16 heteroatoms. The fourth-order valence-electron chi connectivity index (χ4n) is 4.39. The van der Waals surface area contributed by atoms with E-state index >= 15 is 0 Å². The minimum atomic E-state index is -5.30. The van der Waals surface area contributed by atoms with E-state index in [4.69, 9.17) is 19.7 Å². The van der Waals surface area contributed by atoms with Crippen molar-refractivity contribution >= 4 is 23.9 Å². The Morgan fingerprint density at radius 1 is 0.457 bits per heavy atom. The van der Waals surface area contributed by atoms with E-state index in [1.165, 1.54) is 48.5 Å². The summed E-state index contributed by atoms with van der Waals surface area (Å²) < 4.78 is 93.3. The average Bonchev–Trinajstić information content (AvgIpc) is 2.96. The van der Waals surface area contributed by atoms with Gasteiger partial charge in [0.15, 0.2) is 0 Å². The number of aromatic carboxylic acids is 4. The van der Waals surface area contributed by atoms with Crippen molar-refractivity contribution in [1.29, 1.82) is 0 Å². The minimum Gasteiger partial charge on any atom is -0.478 e. The van der Waals surface area contributed by atoms with E-state index in [9.17, 15) is 55.7 Å². The smallest absolute Gasteiger partial charge is 0.420 e. The van der Waals surface area contributed by atoms with Gasteiger partial charge in [0, 0.05) is 0 Å². The van der Waals surface area contributed by atoms with Crippen molar-refractivity contribution in [3.8, 4) is 34.1 Å². The molecule has 4 N–H and O–H groups in total. The van der Waals surface area contributed by atoms with Crippen molar-refractivity contribution in [3.63, 3.8) is 0 Å². The molecule has 4 aromatic carbocycles. The molecule has 0 unspecified atom stereocenters. The van der Waals surface area contributed by atoms with E-state index in [1.807, 2.05) is 0 Å². The first kappa shape index (κ1) is 32.8. The highest BCUT2D eigenvalue weighted by molar-refractivity contribution is 6.04. The monoisotopic (exact) mass is 650 g/mol. The number of carboxylic acids is 4. The standard InChI is InChI=1S/C30H16F6O10/c31-29(32,33)23-19(11-9-17(25(37)38)21(23)27(41)42)45-15-5-1-13(2-6-15)14-3-7-16(8-4-14)46-20-12-10-18(26(39)40)22(28(43)44)24(20)30(34,35)36/h1-12H,(H,37,38)(H,39,40)(H,41,42)(H,43,44). The number of rotatable bonds is 9. The molecule has 10 nitrogen and oxygen atoms in total. The molecule has 46 heavy (non-hydrogen) atoms. The Bertz CT molecular complexity index is 1720. The Morgan fingerprint density at radius 2 is 0.761 bits per heavy atom. The van der Waals surface area contributed by atoms with Gasteiger partial charge in [0.05, 0.1) is 22.3 Å². The van der Waals surface area contributed by atoms with Crippen LogP contribution in [0.2, 0.25) is 0 Å². The lowest BCUT2D eigenvalue weighted by Gasteiger charge is -2.18. The molecule has 0 aliphatic rings. The van der Waals surface area contributed by atoms with Crippen LogP contribution in [0.15, 0.2) is 72.8 Å². The molecule has 0 saturated carbocycles. The van der Waals surface area contributed by atoms with Crippen molar-refractivity contribution in [3.05, 3.63) is 106 Å². The topological polar surface area (TPSA) is 168 Å². The number of alkyl halides is 6. The number of carboxylic acid groups (broad SMARTS) is 4. The first-order valence-electron chi connectivity index (χ1n) is 12.4. The highest BCUT2D eigenvalue weighted by Crippen LogP contribution is 2.43. The zero-order valence-corrected chi connectivity index (χ0v) is 22.4. The Hall–Kier alpha value is -6.06. The summed E-state index contributed by atoms with van der Waals surface area (Å²) in [6, 6.07) is 13.1. The summed E-state index contributed by atoms with van der Waals surface area (Å²) in [5.41, 5.74) is -7.95. The summed E-state index contributed by atoms with van der Waals surface area (Å²) in [5, 5.41) is 36.9. The highest BCUT2D eigenvalue weighted by Gasteiger charge is 2.43. The summed E-state index contributed by atoms with van der Waals surface area (Å²) in [4.78, 5) is 45.7. The first-order valence-corrected chi connectivity index (χ1v) is 12.4. The molecule has 0 fully saturated rings. The Labute approximate surface area is 252 Å². The van der Waals surface area contributed by atoms with Crippen LogP contribution in [0, 0.1) is 0 Å². The lowest BCUT2D eigenvalue weighted by molar-refractivity contribution is -0.139. The van der Waals surface area contributed by atoms with Gasteiger partial charge in [-0.25, -0.2) is 19.2 Å². The lowest BCUT2D eigenvalue weighted by Crippen LogP contribution is -2.18. The van der Waals surface area contributed by atoms with Gasteiger partial charge in [-0.15, -0.1) is 0 Å². The molecule has 0 aliphatic carbocycles. The molecule has 4 rings (SSSR count). The van der Waals surface area contributed by atoms with Crippen molar-refractivity contribution in [2.45, 2.75) is 12.4 Å². The maximum absolute atomic E-state index is 13.8. The summed E-state index contributed by atoms with van der Waals surface area (Å²) in [5.74, 6) is -10.4. The fourth-order valence-corrected chi connectivity index (χ4v) is 4.39. The van der Waals surface area contributed by atoms with Crippen LogP contribution in [0.25, 0.3) is 11.1 Å². The van der Waals surface area contributed by atoms with E-state index in [0.717, 1.165) is 0 Å². The molecule has 0 heterocycles. The van der Waals surface area contributed by atoms with Crippen LogP contribution in [0.4, 0.5) is 26.3 Å². The van der Waals surface area contributed by atoms with Crippen LogP contribution >= 0.6 is 0 Å². The zero-order chi connectivity index (χ0) is 34.1. The molecular formula is C30H16F6O10. The number of hydrogen-bond acceptors (Lipinski definition) is 6. The van der Waals surface area contributed by atoms with Gasteiger partial charge in [-0.05, 0) is 59.7 Å². The first-order chi connectivity index (χ1) is 21.4. The number of carbonyl (C=O) groups is 4. The molecule has 4 aromatic rings. The summed E-state index contributed by atoms with van der Waals surface area (Å²) in [6.45, 7) is 0. The molecule has 0 spiro atoms. The van der Waals surface area contributed by atoms with Crippen molar-refractivity contribution in [2.75, 3.05) is 0 Å². The third-order valence-corrected chi connectivity index (χ3v) is 6.29. The second-order valence-electron chi connectivity index (χ2n) is 9.19. The van der Waals surface area contributed by atoms with E-state index < -0.39 is 81.1 Å².